The van der Waals surface area contributed by atoms with Gasteiger partial charge in [0.2, 0.25) is 0 Å². The van der Waals surface area contributed by atoms with Crippen molar-refractivity contribution < 1.29 is 26.3 Å². The van der Waals surface area contributed by atoms with Gasteiger partial charge in [-0.3, -0.25) is 0 Å². The summed E-state index contributed by atoms with van der Waals surface area (Å²) in [5.41, 5.74) is -4.38. The van der Waals surface area contributed by atoms with E-state index < -0.39 is 15.3 Å². The van der Waals surface area contributed by atoms with Gasteiger partial charge in [-0.15, -0.1) is 0 Å². The fraction of sp³-hybridized carbons (Fsp3) is 0.455. The molecule has 0 radical (unpaired) electrons. The fourth-order valence-corrected chi connectivity index (χ4v) is 2.55. The molecule has 8 heteroatoms. The van der Waals surface area contributed by atoms with Crippen LogP contribution in [0.4, 0.5) is 13.2 Å². The van der Waals surface area contributed by atoms with Gasteiger partial charge in [-0.1, -0.05) is 12.1 Å². The molecule has 1 aromatic carbocycles. The Morgan fingerprint density at radius 2 is 1.89 bits per heavy atom. The Morgan fingerprint density at radius 1 is 1.26 bits per heavy atom. The van der Waals surface area contributed by atoms with Crippen molar-refractivity contribution in [3.05, 3.63) is 24.3 Å². The minimum atomic E-state index is -4.38. The van der Waals surface area contributed by atoms with Crippen molar-refractivity contribution in [2.75, 3.05) is 18.6 Å². The minimum absolute atomic E-state index is 0.0330. The highest BCUT2D eigenvalue weighted by molar-refractivity contribution is 8.00. The van der Waals surface area contributed by atoms with Crippen LogP contribution in [0.15, 0.2) is 29.2 Å². The highest BCUT2D eigenvalue weighted by Crippen LogP contribution is 2.41. The maximum absolute atomic E-state index is 12.3. The molecular weight excluding hydrogens is 301 g/mol. The Labute approximate surface area is 114 Å². The quantitative estimate of drug-likeness (QED) is 0.598. The number of hydrogen-bond donors (Lipinski definition) is 0. The molecule has 3 nitrogen and oxygen atoms in total. The first kappa shape index (κ1) is 16.2. The van der Waals surface area contributed by atoms with Crippen LogP contribution < -0.4 is 4.74 Å². The van der Waals surface area contributed by atoms with Gasteiger partial charge in [0.25, 0.3) is 0 Å². The lowest BCUT2D eigenvalue weighted by Crippen LogP contribution is -2.08. The Kier molecular flexibility index (Phi) is 5.54. The second-order valence-corrected chi connectivity index (χ2v) is 7.19. The maximum atomic E-state index is 12.3. The molecule has 0 heterocycles. The van der Waals surface area contributed by atoms with Crippen molar-refractivity contribution in [3.8, 4) is 5.75 Å². The van der Waals surface area contributed by atoms with E-state index in [1.807, 2.05) is 0 Å². The molecule has 19 heavy (non-hydrogen) atoms. The number of alkyl halides is 3. The summed E-state index contributed by atoms with van der Waals surface area (Å²) in [6.07, 6.45) is 1.34. The number of hydrogen-bond acceptors (Lipinski definition) is 4. The van der Waals surface area contributed by atoms with Gasteiger partial charge in [0, 0.05) is 6.26 Å². The molecule has 0 spiro atoms. The zero-order valence-corrected chi connectivity index (χ0v) is 11.7. The Balaban J connectivity index is 2.58. The Bertz CT molecular complexity index is 512. The van der Waals surface area contributed by atoms with E-state index in [1.54, 1.807) is 6.07 Å². The molecule has 0 fully saturated rings. The molecule has 0 N–H and O–H groups in total. The molecule has 108 valence electrons. The van der Waals surface area contributed by atoms with Crippen LogP contribution in [0.1, 0.15) is 6.42 Å². The zero-order chi connectivity index (χ0) is 14.5. The number of benzene rings is 1. The third-order valence-corrected chi connectivity index (χ3v) is 3.81. The zero-order valence-electron chi connectivity index (χ0n) is 10.1. The summed E-state index contributed by atoms with van der Waals surface area (Å²) in [4.78, 5) is -0.0330. The molecule has 0 unspecified atom stereocenters. The van der Waals surface area contributed by atoms with Crippen LogP contribution in [0.5, 0.6) is 5.75 Å². The van der Waals surface area contributed by atoms with Gasteiger partial charge in [0.05, 0.1) is 17.3 Å². The van der Waals surface area contributed by atoms with Gasteiger partial charge in [0.15, 0.2) is 0 Å². The summed E-state index contributed by atoms with van der Waals surface area (Å²) in [5, 5.41) is 0. The predicted molar refractivity (Wildman–Crippen MR) is 68.2 cm³/mol. The fourth-order valence-electron chi connectivity index (χ4n) is 1.28. The lowest BCUT2D eigenvalue weighted by Gasteiger charge is -2.12. The molecule has 1 rings (SSSR count). The van der Waals surface area contributed by atoms with Crippen molar-refractivity contribution in [1.29, 1.82) is 0 Å². The average molecular weight is 314 g/mol. The van der Waals surface area contributed by atoms with E-state index >= 15 is 0 Å². The SMILES string of the molecule is CS(=O)(=O)CCCOc1ccccc1SC(F)(F)F. The number of sulfone groups is 1. The van der Waals surface area contributed by atoms with E-state index in [0.29, 0.717) is 0 Å². The van der Waals surface area contributed by atoms with Crippen LogP contribution in [0, 0.1) is 0 Å². The molecule has 0 saturated heterocycles. The Morgan fingerprint density at radius 3 is 2.47 bits per heavy atom. The smallest absolute Gasteiger partial charge is 0.446 e. The van der Waals surface area contributed by atoms with Gasteiger partial charge in [-0.2, -0.15) is 13.2 Å². The predicted octanol–water partition coefficient (Wildman–Crippen LogP) is 3.11. The van der Waals surface area contributed by atoms with Gasteiger partial charge in [0.1, 0.15) is 15.6 Å². The van der Waals surface area contributed by atoms with Crippen LogP contribution in [0.2, 0.25) is 0 Å². The first-order chi connectivity index (χ1) is 8.67. The molecule has 0 saturated carbocycles. The van der Waals surface area contributed by atoms with Gasteiger partial charge < -0.3 is 4.74 Å². The molecule has 0 amide bonds. The van der Waals surface area contributed by atoms with E-state index in [4.69, 9.17) is 4.74 Å². The average Bonchev–Trinajstić information content (AvgIpc) is 2.23. The highest BCUT2D eigenvalue weighted by atomic mass is 32.2. The third-order valence-electron chi connectivity index (χ3n) is 1.99. The summed E-state index contributed by atoms with van der Waals surface area (Å²) < 4.78 is 63.9. The lowest BCUT2D eigenvalue weighted by atomic mass is 10.3. The number of halogens is 3. The van der Waals surface area contributed by atoms with Crippen LogP contribution >= 0.6 is 11.8 Å². The second-order valence-electron chi connectivity index (χ2n) is 3.83. The molecule has 0 atom stereocenters. The largest absolute Gasteiger partial charge is 0.492 e. The molecule has 0 aromatic heterocycles. The monoisotopic (exact) mass is 314 g/mol. The first-order valence-electron chi connectivity index (χ1n) is 5.33. The van der Waals surface area contributed by atoms with E-state index in [-0.39, 0.29) is 41.2 Å². The summed E-state index contributed by atoms with van der Waals surface area (Å²) in [5.74, 6) is 0.0556. The van der Waals surface area contributed by atoms with Crippen LogP contribution in [0.3, 0.4) is 0 Å². The maximum Gasteiger partial charge on any atom is 0.446 e. The number of ether oxygens (including phenoxy) is 1. The van der Waals surface area contributed by atoms with Crippen LogP contribution in [-0.4, -0.2) is 32.5 Å². The third kappa shape index (κ3) is 7.31. The summed E-state index contributed by atoms with van der Waals surface area (Å²) in [6, 6.07) is 5.78. The Hall–Kier alpha value is -0.890. The summed E-state index contributed by atoms with van der Waals surface area (Å²) >= 11 is -0.252. The molecule has 0 bridgehead atoms. The highest BCUT2D eigenvalue weighted by Gasteiger charge is 2.30. The first-order valence-corrected chi connectivity index (χ1v) is 8.20. The van der Waals surface area contributed by atoms with E-state index in [2.05, 4.69) is 0 Å². The van der Waals surface area contributed by atoms with Crippen LogP contribution in [-0.2, 0) is 9.84 Å². The summed E-state index contributed by atoms with van der Waals surface area (Å²) in [7, 11) is -3.08. The lowest BCUT2D eigenvalue weighted by molar-refractivity contribution is -0.0329. The van der Waals surface area contributed by atoms with E-state index in [0.717, 1.165) is 6.26 Å². The van der Waals surface area contributed by atoms with E-state index in [1.165, 1.54) is 18.2 Å². The van der Waals surface area contributed by atoms with Crippen molar-refractivity contribution >= 4 is 21.6 Å². The van der Waals surface area contributed by atoms with E-state index in [9.17, 15) is 21.6 Å². The van der Waals surface area contributed by atoms with Gasteiger partial charge in [-0.25, -0.2) is 8.42 Å². The van der Waals surface area contributed by atoms with Crippen molar-refractivity contribution in [2.45, 2.75) is 16.8 Å². The van der Waals surface area contributed by atoms with Crippen molar-refractivity contribution in [3.63, 3.8) is 0 Å². The number of rotatable bonds is 6. The molecule has 0 aliphatic carbocycles. The summed E-state index contributed by atoms with van der Waals surface area (Å²) in [6.45, 7) is 0.0580. The van der Waals surface area contributed by atoms with Crippen LogP contribution in [0.25, 0.3) is 0 Å². The normalized spacial score (nSPS) is 12.4. The molecule has 0 aliphatic rings. The number of para-hydroxylation sites is 1. The molecule has 0 aliphatic heterocycles. The standard InChI is InChI=1S/C11H13F3O3S2/c1-19(15,16)8-4-7-17-9-5-2-3-6-10(9)18-11(12,13)14/h2-3,5-6H,4,7-8H2,1H3. The molecule has 1 aromatic rings. The second kappa shape index (κ2) is 6.51. The minimum Gasteiger partial charge on any atom is -0.492 e. The number of thioether (sulfide) groups is 1. The topological polar surface area (TPSA) is 43.4 Å². The van der Waals surface area contributed by atoms with Gasteiger partial charge in [-0.05, 0) is 30.3 Å². The van der Waals surface area contributed by atoms with Gasteiger partial charge >= 0.3 is 5.51 Å². The van der Waals surface area contributed by atoms with Crippen molar-refractivity contribution in [2.24, 2.45) is 0 Å². The van der Waals surface area contributed by atoms with Crippen molar-refractivity contribution in [1.82, 2.24) is 0 Å². The molecular formula is C11H13F3O3S2.